The monoisotopic (exact) mass is 340 g/mol. The molecule has 1 saturated heterocycles. The summed E-state index contributed by atoms with van der Waals surface area (Å²) in [7, 11) is -4.20. The molecule has 0 amide bonds. The molecule has 2 rings (SSSR count). The zero-order chi connectivity index (χ0) is 15.0. The van der Waals surface area contributed by atoms with Crippen LogP contribution >= 0.6 is 23.2 Å². The molecule has 1 N–H and O–H groups in total. The van der Waals surface area contributed by atoms with Crippen molar-refractivity contribution >= 4 is 33.3 Å². The zero-order valence-corrected chi connectivity index (χ0v) is 13.0. The number of benzene rings is 1. The van der Waals surface area contributed by atoms with Crippen LogP contribution in [0.2, 0.25) is 5.02 Å². The van der Waals surface area contributed by atoms with Crippen LogP contribution in [-0.2, 0) is 25.4 Å². The molecule has 1 fully saturated rings. The number of ether oxygens (including phenoxy) is 2. The lowest BCUT2D eigenvalue weighted by Crippen LogP contribution is -2.36. The fraction of sp³-hybridized carbons (Fsp3) is 0.500. The molecular weight excluding hydrogens is 327 g/mol. The van der Waals surface area contributed by atoms with Crippen molar-refractivity contribution in [3.63, 3.8) is 0 Å². The molecule has 0 aromatic heterocycles. The van der Waals surface area contributed by atoms with Crippen LogP contribution in [0.1, 0.15) is 12.5 Å². The van der Waals surface area contributed by atoms with Crippen LogP contribution in [-0.4, -0.2) is 36.8 Å². The molecule has 0 bridgehead atoms. The molecule has 112 valence electrons. The van der Waals surface area contributed by atoms with Gasteiger partial charge in [0.25, 0.3) is 10.1 Å². The third kappa shape index (κ3) is 3.10. The van der Waals surface area contributed by atoms with E-state index in [4.69, 9.17) is 37.2 Å². The number of halogens is 2. The van der Waals surface area contributed by atoms with E-state index < -0.39 is 27.3 Å². The standard InChI is InChI=1S/C12H14Cl2O5S/c1-8(20(15,16)17)11-6-18-12(7-13,19-11)9-2-4-10(14)5-3-9/h2-5,8,11H,6-7H2,1H3,(H,15,16,17)/t8?,11-,12+/m0/s1. The second-order valence-electron chi connectivity index (χ2n) is 4.58. The van der Waals surface area contributed by atoms with Crippen molar-refractivity contribution in [1.82, 2.24) is 0 Å². The molecule has 1 aliphatic heterocycles. The lowest BCUT2D eigenvalue weighted by Gasteiger charge is -2.27. The average Bonchev–Trinajstić information content (AvgIpc) is 2.83. The van der Waals surface area contributed by atoms with E-state index in [0.29, 0.717) is 10.6 Å². The van der Waals surface area contributed by atoms with Crippen LogP contribution in [0.4, 0.5) is 0 Å². The fourth-order valence-electron chi connectivity index (χ4n) is 1.95. The summed E-state index contributed by atoms with van der Waals surface area (Å²) < 4.78 is 42.7. The molecular formula is C12H14Cl2O5S. The molecule has 0 radical (unpaired) electrons. The van der Waals surface area contributed by atoms with Crippen molar-refractivity contribution in [2.45, 2.75) is 24.1 Å². The Labute approximate surface area is 127 Å². The summed E-state index contributed by atoms with van der Waals surface area (Å²) in [6.45, 7) is 1.38. The van der Waals surface area contributed by atoms with Gasteiger partial charge in [-0.3, -0.25) is 4.55 Å². The Hall–Kier alpha value is -0.370. The van der Waals surface area contributed by atoms with Crippen molar-refractivity contribution in [1.29, 1.82) is 0 Å². The highest BCUT2D eigenvalue weighted by Crippen LogP contribution is 2.37. The first-order valence-electron chi connectivity index (χ1n) is 5.88. The van der Waals surface area contributed by atoms with Gasteiger partial charge >= 0.3 is 0 Å². The van der Waals surface area contributed by atoms with E-state index in [1.165, 1.54) is 6.92 Å². The number of alkyl halides is 1. The van der Waals surface area contributed by atoms with Crippen LogP contribution in [0.15, 0.2) is 24.3 Å². The van der Waals surface area contributed by atoms with Gasteiger partial charge in [0.1, 0.15) is 11.4 Å². The number of rotatable bonds is 4. The van der Waals surface area contributed by atoms with Crippen molar-refractivity contribution < 1.29 is 22.4 Å². The van der Waals surface area contributed by atoms with E-state index in [1.54, 1.807) is 24.3 Å². The summed E-state index contributed by atoms with van der Waals surface area (Å²) >= 11 is 11.7. The lowest BCUT2D eigenvalue weighted by molar-refractivity contribution is -0.158. The van der Waals surface area contributed by atoms with Crippen molar-refractivity contribution in [3.8, 4) is 0 Å². The normalized spacial score (nSPS) is 28.5. The second kappa shape index (κ2) is 5.79. The first-order valence-corrected chi connectivity index (χ1v) is 8.30. The minimum atomic E-state index is -4.20. The van der Waals surface area contributed by atoms with Gasteiger partial charge < -0.3 is 9.47 Å². The summed E-state index contributed by atoms with van der Waals surface area (Å²) in [5.41, 5.74) is 0.641. The van der Waals surface area contributed by atoms with Gasteiger partial charge in [0.05, 0.1) is 12.5 Å². The van der Waals surface area contributed by atoms with E-state index in [-0.39, 0.29) is 12.5 Å². The van der Waals surface area contributed by atoms with Crippen LogP contribution in [0, 0.1) is 0 Å². The smallest absolute Gasteiger partial charge is 0.270 e. The van der Waals surface area contributed by atoms with Crippen LogP contribution < -0.4 is 0 Å². The molecule has 0 aliphatic carbocycles. The minimum Gasteiger partial charge on any atom is -0.342 e. The molecule has 1 aromatic carbocycles. The average molecular weight is 341 g/mol. The quantitative estimate of drug-likeness (QED) is 0.673. The summed E-state index contributed by atoms with van der Waals surface area (Å²) in [5, 5.41) is -0.542. The summed E-state index contributed by atoms with van der Waals surface area (Å²) in [4.78, 5) is 0. The van der Waals surface area contributed by atoms with Gasteiger partial charge in [-0.15, -0.1) is 11.6 Å². The summed E-state index contributed by atoms with van der Waals surface area (Å²) in [5.74, 6) is -1.24. The van der Waals surface area contributed by atoms with E-state index >= 15 is 0 Å². The van der Waals surface area contributed by atoms with Crippen LogP contribution in [0.5, 0.6) is 0 Å². The lowest BCUT2D eigenvalue weighted by atomic mass is 10.1. The van der Waals surface area contributed by atoms with Crippen molar-refractivity contribution in [2.75, 3.05) is 12.5 Å². The van der Waals surface area contributed by atoms with Gasteiger partial charge in [0.15, 0.2) is 0 Å². The molecule has 0 spiro atoms. The maximum atomic E-state index is 11.2. The first kappa shape index (κ1) is 16.0. The highest BCUT2D eigenvalue weighted by atomic mass is 35.5. The maximum Gasteiger partial charge on any atom is 0.270 e. The van der Waals surface area contributed by atoms with E-state index in [0.717, 1.165) is 0 Å². The van der Waals surface area contributed by atoms with Crippen molar-refractivity contribution in [3.05, 3.63) is 34.9 Å². The van der Waals surface area contributed by atoms with E-state index in [1.807, 2.05) is 0 Å². The molecule has 1 heterocycles. The largest absolute Gasteiger partial charge is 0.342 e. The Kier molecular flexibility index (Phi) is 4.63. The molecule has 5 nitrogen and oxygen atoms in total. The molecule has 3 atom stereocenters. The highest BCUT2D eigenvalue weighted by molar-refractivity contribution is 7.86. The van der Waals surface area contributed by atoms with E-state index in [2.05, 4.69) is 0 Å². The van der Waals surface area contributed by atoms with Gasteiger partial charge in [-0.05, 0) is 19.1 Å². The fourth-order valence-corrected chi connectivity index (χ4v) is 2.89. The molecule has 0 saturated carbocycles. The number of hydrogen-bond acceptors (Lipinski definition) is 4. The summed E-state index contributed by atoms with van der Waals surface area (Å²) in [6, 6.07) is 6.73. The molecule has 1 aromatic rings. The van der Waals surface area contributed by atoms with Gasteiger partial charge in [-0.25, -0.2) is 0 Å². The predicted octanol–water partition coefficient (Wildman–Crippen LogP) is 2.42. The Morgan fingerprint density at radius 3 is 2.55 bits per heavy atom. The highest BCUT2D eigenvalue weighted by Gasteiger charge is 2.46. The minimum absolute atomic E-state index is 0.0106. The van der Waals surface area contributed by atoms with Crippen LogP contribution in [0.3, 0.4) is 0 Å². The Morgan fingerprint density at radius 2 is 2.05 bits per heavy atom. The van der Waals surface area contributed by atoms with Crippen molar-refractivity contribution in [2.24, 2.45) is 0 Å². The second-order valence-corrected chi connectivity index (χ2v) is 7.06. The Morgan fingerprint density at radius 1 is 1.45 bits per heavy atom. The van der Waals surface area contributed by atoms with Gasteiger partial charge in [-0.1, -0.05) is 23.7 Å². The van der Waals surface area contributed by atoms with Crippen LogP contribution in [0.25, 0.3) is 0 Å². The third-order valence-electron chi connectivity index (χ3n) is 3.28. The van der Waals surface area contributed by atoms with Gasteiger partial charge in [0, 0.05) is 10.6 Å². The third-order valence-corrected chi connectivity index (χ3v) is 5.12. The molecule has 1 unspecified atom stereocenters. The van der Waals surface area contributed by atoms with Gasteiger partial charge in [0.2, 0.25) is 5.79 Å². The Balaban J connectivity index is 2.25. The SMILES string of the molecule is CC([C@@H]1CO[C@@](CCl)(c2ccc(Cl)cc2)O1)S(=O)(=O)O. The number of hydrogen-bond donors (Lipinski definition) is 1. The van der Waals surface area contributed by atoms with E-state index in [9.17, 15) is 8.42 Å². The zero-order valence-electron chi connectivity index (χ0n) is 10.6. The first-order chi connectivity index (χ1) is 9.28. The van der Waals surface area contributed by atoms with Gasteiger partial charge in [-0.2, -0.15) is 8.42 Å². The topological polar surface area (TPSA) is 72.8 Å². The maximum absolute atomic E-state index is 11.2. The Bertz CT molecular complexity index is 574. The predicted molar refractivity (Wildman–Crippen MR) is 75.7 cm³/mol. The molecule has 1 aliphatic rings. The summed E-state index contributed by atoms with van der Waals surface area (Å²) in [6.07, 6.45) is -0.792. The molecule has 8 heteroatoms. The molecule has 20 heavy (non-hydrogen) atoms.